The molecule has 1 saturated heterocycles. The van der Waals surface area contributed by atoms with E-state index in [4.69, 9.17) is 23.2 Å². The molecule has 5 rings (SSSR count). The van der Waals surface area contributed by atoms with E-state index in [-0.39, 0.29) is 12.2 Å². The Hall–Kier alpha value is -2.80. The number of hydrogen-bond acceptors (Lipinski definition) is 3. The molecule has 1 fully saturated rings. The molecule has 2 heterocycles. The van der Waals surface area contributed by atoms with Gasteiger partial charge in [0.15, 0.2) is 5.78 Å². The van der Waals surface area contributed by atoms with Crippen molar-refractivity contribution < 1.29 is 18.4 Å². The molecule has 0 saturated carbocycles. The molecule has 1 atom stereocenters. The molecule has 0 aliphatic carbocycles. The molecule has 2 aliphatic rings. The molecule has 35 heavy (non-hydrogen) atoms. The van der Waals surface area contributed by atoms with Gasteiger partial charge in [0.2, 0.25) is 0 Å². The zero-order valence-electron chi connectivity index (χ0n) is 18.7. The molecule has 4 nitrogen and oxygen atoms in total. The van der Waals surface area contributed by atoms with Crippen molar-refractivity contribution in [2.75, 3.05) is 18.0 Å². The third-order valence-electron chi connectivity index (χ3n) is 7.14. The molecule has 0 aromatic heterocycles. The van der Waals surface area contributed by atoms with Gasteiger partial charge in [-0.15, -0.1) is 0 Å². The van der Waals surface area contributed by atoms with Crippen LogP contribution in [0.5, 0.6) is 0 Å². The summed E-state index contributed by atoms with van der Waals surface area (Å²) >= 11 is 12.4. The summed E-state index contributed by atoms with van der Waals surface area (Å²) in [7, 11) is 0. The Bertz CT molecular complexity index is 1290. The number of benzene rings is 3. The first-order chi connectivity index (χ1) is 16.8. The maximum Gasteiger partial charge on any atom is 0.264 e. The smallest absolute Gasteiger partial charge is 0.264 e. The number of nitrogens with one attached hydrogen (secondary N) is 1. The molecular formula is C27H22Cl2F2N2O2. The van der Waals surface area contributed by atoms with E-state index in [1.807, 2.05) is 6.07 Å². The molecule has 0 radical (unpaired) electrons. The highest BCUT2D eigenvalue weighted by atomic mass is 35.5. The Kier molecular flexibility index (Phi) is 6.38. The van der Waals surface area contributed by atoms with E-state index in [1.54, 1.807) is 36.4 Å². The number of carbonyl (C=O) groups is 2. The van der Waals surface area contributed by atoms with Gasteiger partial charge < -0.3 is 10.2 Å². The minimum atomic E-state index is -0.945. The Balaban J connectivity index is 1.65. The van der Waals surface area contributed by atoms with Crippen LogP contribution in [0.25, 0.3) is 0 Å². The molecule has 2 aliphatic heterocycles. The van der Waals surface area contributed by atoms with Crippen LogP contribution in [0.4, 0.5) is 14.5 Å². The molecule has 1 amide bonds. The van der Waals surface area contributed by atoms with Gasteiger partial charge in [-0.05, 0) is 86.1 Å². The van der Waals surface area contributed by atoms with Gasteiger partial charge in [0, 0.05) is 33.1 Å². The third-order valence-corrected chi connectivity index (χ3v) is 7.63. The molecule has 1 spiro atoms. The van der Waals surface area contributed by atoms with Crippen LogP contribution in [0.3, 0.4) is 0 Å². The Labute approximate surface area is 211 Å². The number of Topliss-reactive ketones (excluding diaryl/α,β-unsaturated/α-hetero) is 1. The Morgan fingerprint density at radius 2 is 1.57 bits per heavy atom. The molecular weight excluding hydrogens is 493 g/mol. The fourth-order valence-corrected chi connectivity index (χ4v) is 5.77. The number of halogens is 4. The van der Waals surface area contributed by atoms with Crippen molar-refractivity contribution in [1.29, 1.82) is 0 Å². The van der Waals surface area contributed by atoms with E-state index < -0.39 is 34.6 Å². The SMILES string of the molecule is O=C(C[C@H]1N(C(=O)c2c(F)cccc2F)c2ccc(Cl)cc2C12CCNCC2)c1ccc(Cl)cc1. The van der Waals surface area contributed by atoms with Crippen molar-refractivity contribution >= 4 is 40.6 Å². The Morgan fingerprint density at radius 3 is 2.23 bits per heavy atom. The fraction of sp³-hybridized carbons (Fsp3) is 0.259. The lowest BCUT2D eigenvalue weighted by molar-refractivity contribution is 0.0914. The number of carbonyl (C=O) groups excluding carboxylic acids is 2. The first-order valence-electron chi connectivity index (χ1n) is 11.4. The zero-order chi connectivity index (χ0) is 24.7. The van der Waals surface area contributed by atoms with E-state index in [0.717, 1.165) is 17.7 Å². The van der Waals surface area contributed by atoms with E-state index in [1.165, 1.54) is 11.0 Å². The van der Waals surface area contributed by atoms with Crippen LogP contribution in [-0.4, -0.2) is 30.8 Å². The second kappa shape index (κ2) is 9.34. The van der Waals surface area contributed by atoms with Crippen molar-refractivity contribution in [3.8, 4) is 0 Å². The van der Waals surface area contributed by atoms with E-state index in [2.05, 4.69) is 5.32 Å². The van der Waals surface area contributed by atoms with Gasteiger partial charge in [-0.2, -0.15) is 0 Å². The van der Waals surface area contributed by atoms with Crippen molar-refractivity contribution in [3.63, 3.8) is 0 Å². The van der Waals surface area contributed by atoms with E-state index in [9.17, 15) is 18.4 Å². The van der Waals surface area contributed by atoms with Crippen molar-refractivity contribution in [2.24, 2.45) is 0 Å². The fourth-order valence-electron chi connectivity index (χ4n) is 5.48. The normalized spacial score (nSPS) is 18.5. The summed E-state index contributed by atoms with van der Waals surface area (Å²) < 4.78 is 29.4. The first-order valence-corrected chi connectivity index (χ1v) is 12.1. The number of hydrogen-bond donors (Lipinski definition) is 1. The molecule has 3 aromatic carbocycles. The van der Waals surface area contributed by atoms with Gasteiger partial charge in [0.05, 0.1) is 6.04 Å². The van der Waals surface area contributed by atoms with Gasteiger partial charge in [0.25, 0.3) is 5.91 Å². The lowest BCUT2D eigenvalue weighted by Gasteiger charge is -2.41. The van der Waals surface area contributed by atoms with Crippen LogP contribution in [0.15, 0.2) is 60.7 Å². The highest BCUT2D eigenvalue weighted by molar-refractivity contribution is 6.31. The quantitative estimate of drug-likeness (QED) is 0.422. The lowest BCUT2D eigenvalue weighted by atomic mass is 9.68. The van der Waals surface area contributed by atoms with Crippen molar-refractivity contribution in [2.45, 2.75) is 30.7 Å². The van der Waals surface area contributed by atoms with Crippen LogP contribution in [0.1, 0.15) is 45.5 Å². The van der Waals surface area contributed by atoms with Gasteiger partial charge in [-0.25, -0.2) is 8.78 Å². The average Bonchev–Trinajstić information content (AvgIpc) is 3.08. The number of ketones is 1. The predicted molar refractivity (Wildman–Crippen MR) is 133 cm³/mol. The summed E-state index contributed by atoms with van der Waals surface area (Å²) in [5, 5.41) is 4.33. The molecule has 3 aromatic rings. The molecule has 1 N–H and O–H groups in total. The lowest BCUT2D eigenvalue weighted by Crippen LogP contribution is -2.53. The third kappa shape index (κ3) is 4.14. The predicted octanol–water partition coefficient (Wildman–Crippen LogP) is 6.19. The minimum Gasteiger partial charge on any atom is -0.317 e. The van der Waals surface area contributed by atoms with Gasteiger partial charge in [-0.3, -0.25) is 9.59 Å². The van der Waals surface area contributed by atoms with Crippen LogP contribution >= 0.6 is 23.2 Å². The summed E-state index contributed by atoms with van der Waals surface area (Å²) in [5.74, 6) is -2.89. The molecule has 0 bridgehead atoms. The number of anilines is 1. The highest BCUT2D eigenvalue weighted by Gasteiger charge is 2.54. The largest absolute Gasteiger partial charge is 0.317 e. The number of amides is 1. The van der Waals surface area contributed by atoms with E-state index >= 15 is 0 Å². The topological polar surface area (TPSA) is 49.4 Å². The monoisotopic (exact) mass is 514 g/mol. The second-order valence-corrected chi connectivity index (χ2v) is 9.86. The average molecular weight is 515 g/mol. The number of fused-ring (bicyclic) bond motifs is 2. The minimum absolute atomic E-state index is 0.0181. The Morgan fingerprint density at radius 1 is 0.943 bits per heavy atom. The van der Waals surface area contributed by atoms with Gasteiger partial charge in [-0.1, -0.05) is 29.3 Å². The second-order valence-electron chi connectivity index (χ2n) is 8.99. The maximum atomic E-state index is 14.7. The summed E-state index contributed by atoms with van der Waals surface area (Å²) in [5.41, 5.74) is 0.578. The molecule has 0 unspecified atom stereocenters. The zero-order valence-corrected chi connectivity index (χ0v) is 20.2. The van der Waals surface area contributed by atoms with Gasteiger partial charge >= 0.3 is 0 Å². The summed E-state index contributed by atoms with van der Waals surface area (Å²) in [6.45, 7) is 1.35. The standard InChI is InChI=1S/C27H22Cl2F2N2O2/c28-17-6-4-16(5-7-17)23(34)15-24-27(10-12-32-13-11-27)19-14-18(29)8-9-22(19)33(24)26(35)25-20(30)2-1-3-21(25)31/h1-9,14,24,32H,10-13,15H2/t24-/m1/s1. The maximum absolute atomic E-state index is 14.7. The van der Waals surface area contributed by atoms with Crippen molar-refractivity contribution in [1.82, 2.24) is 5.32 Å². The number of piperidine rings is 1. The van der Waals surface area contributed by atoms with Crippen LogP contribution in [0.2, 0.25) is 10.0 Å². The summed E-state index contributed by atoms with van der Waals surface area (Å²) in [6.07, 6.45) is 1.26. The van der Waals surface area contributed by atoms with Crippen LogP contribution < -0.4 is 10.2 Å². The van der Waals surface area contributed by atoms with Crippen LogP contribution in [0, 0.1) is 11.6 Å². The number of nitrogens with zero attached hydrogens (tertiary/aromatic N) is 1. The highest BCUT2D eigenvalue weighted by Crippen LogP contribution is 2.53. The van der Waals surface area contributed by atoms with Crippen molar-refractivity contribution in [3.05, 3.63) is 99.0 Å². The summed E-state index contributed by atoms with van der Waals surface area (Å²) in [4.78, 5) is 28.6. The van der Waals surface area contributed by atoms with Gasteiger partial charge in [0.1, 0.15) is 17.2 Å². The molecule has 180 valence electrons. The van der Waals surface area contributed by atoms with Crippen LogP contribution in [-0.2, 0) is 5.41 Å². The number of rotatable bonds is 4. The summed E-state index contributed by atoms with van der Waals surface area (Å²) in [6, 6.07) is 14.4. The van der Waals surface area contributed by atoms with E-state index in [0.29, 0.717) is 47.2 Å². The first kappa shape index (κ1) is 23.9. The molecule has 8 heteroatoms.